The number of fused-ring (bicyclic) bond motifs is 4. The fourth-order valence-corrected chi connectivity index (χ4v) is 4.82. The molecule has 0 aromatic heterocycles. The number of imide groups is 1. The molecule has 154 valence electrons. The van der Waals surface area contributed by atoms with E-state index >= 15 is 0 Å². The van der Waals surface area contributed by atoms with Crippen molar-refractivity contribution in [3.05, 3.63) is 64.7 Å². The third-order valence-corrected chi connectivity index (χ3v) is 6.35. The van der Waals surface area contributed by atoms with E-state index in [1.54, 1.807) is 31.3 Å². The number of ketones is 1. The van der Waals surface area contributed by atoms with Crippen LogP contribution < -0.4 is 9.47 Å². The topological polar surface area (TPSA) is 88.5 Å². The Bertz CT molecular complexity index is 1280. The maximum absolute atomic E-state index is 13.5. The molecule has 8 heteroatoms. The summed E-state index contributed by atoms with van der Waals surface area (Å²) in [6.07, 6.45) is 0. The molecule has 0 N–H and O–H groups in total. The van der Waals surface area contributed by atoms with Gasteiger partial charge in [0.2, 0.25) is 12.7 Å². The van der Waals surface area contributed by atoms with Crippen LogP contribution in [0.2, 0.25) is 0 Å². The Kier molecular flexibility index (Phi) is 3.48. The molecular formula is C23H17N3O5. The summed E-state index contributed by atoms with van der Waals surface area (Å²) in [5, 5.41) is 0. The van der Waals surface area contributed by atoms with Crippen molar-refractivity contribution in [3.8, 4) is 11.5 Å². The number of hydrogen-bond acceptors (Lipinski definition) is 6. The molecule has 1 aliphatic carbocycles. The largest absolute Gasteiger partial charge is 0.454 e. The molecule has 0 radical (unpaired) electrons. The van der Waals surface area contributed by atoms with Crippen molar-refractivity contribution >= 4 is 29.3 Å². The molecule has 2 atom stereocenters. The van der Waals surface area contributed by atoms with Gasteiger partial charge in [-0.2, -0.15) is 0 Å². The number of ether oxygens (including phenoxy) is 2. The molecule has 3 amide bonds. The molecule has 1 saturated heterocycles. The van der Waals surface area contributed by atoms with Gasteiger partial charge in [-0.1, -0.05) is 30.3 Å². The maximum atomic E-state index is 13.5. The Morgan fingerprint density at radius 1 is 0.903 bits per heavy atom. The van der Waals surface area contributed by atoms with Crippen LogP contribution in [0, 0.1) is 5.92 Å². The fraction of sp³-hybridized carbons (Fsp3) is 0.217. The Morgan fingerprint density at radius 3 is 2.45 bits per heavy atom. The van der Waals surface area contributed by atoms with Crippen LogP contribution in [0.5, 0.6) is 11.5 Å². The number of carbonyl (C=O) groups excluding carboxylic acids is 3. The van der Waals surface area contributed by atoms with Crippen molar-refractivity contribution in [1.82, 2.24) is 9.80 Å². The molecule has 1 fully saturated rings. The summed E-state index contributed by atoms with van der Waals surface area (Å²) < 4.78 is 11.0. The van der Waals surface area contributed by atoms with Crippen LogP contribution in [0.3, 0.4) is 0 Å². The SMILES string of the molecule is CN1C(=O)C2C(=NC3=C(C(=O)c4ccccc43)C2c2ccc3c(c2)OCO3)N(C)C1=O. The number of amidine groups is 1. The number of benzene rings is 2. The van der Waals surface area contributed by atoms with Gasteiger partial charge in [0.05, 0.1) is 5.70 Å². The molecule has 2 unspecified atom stereocenters. The lowest BCUT2D eigenvalue weighted by Gasteiger charge is -2.41. The lowest BCUT2D eigenvalue weighted by atomic mass is 9.75. The van der Waals surface area contributed by atoms with E-state index < -0.39 is 17.9 Å². The molecule has 0 bridgehead atoms. The summed E-state index contributed by atoms with van der Waals surface area (Å²) in [5.41, 5.74) is 2.99. The van der Waals surface area contributed by atoms with Crippen LogP contribution in [0.15, 0.2) is 53.0 Å². The van der Waals surface area contributed by atoms with E-state index in [-0.39, 0.29) is 18.5 Å². The zero-order valence-corrected chi connectivity index (χ0v) is 16.8. The lowest BCUT2D eigenvalue weighted by Crippen LogP contribution is -2.59. The van der Waals surface area contributed by atoms with Crippen molar-refractivity contribution < 1.29 is 23.9 Å². The fourth-order valence-electron chi connectivity index (χ4n) is 4.82. The molecule has 0 spiro atoms. The van der Waals surface area contributed by atoms with E-state index in [0.29, 0.717) is 39.7 Å². The van der Waals surface area contributed by atoms with Gasteiger partial charge in [0, 0.05) is 36.7 Å². The van der Waals surface area contributed by atoms with Crippen molar-refractivity contribution in [1.29, 1.82) is 0 Å². The van der Waals surface area contributed by atoms with Gasteiger partial charge in [-0.15, -0.1) is 0 Å². The lowest BCUT2D eigenvalue weighted by molar-refractivity contribution is -0.131. The van der Waals surface area contributed by atoms with Crippen LogP contribution in [0.25, 0.3) is 5.70 Å². The van der Waals surface area contributed by atoms with Crippen LogP contribution >= 0.6 is 0 Å². The zero-order valence-electron chi connectivity index (χ0n) is 16.8. The number of urea groups is 1. The molecule has 31 heavy (non-hydrogen) atoms. The summed E-state index contributed by atoms with van der Waals surface area (Å²) in [4.78, 5) is 46.6. The monoisotopic (exact) mass is 415 g/mol. The molecule has 8 nitrogen and oxygen atoms in total. The number of Topliss-reactive ketones (excluding diaryl/α,β-unsaturated/α-hetero) is 1. The first-order chi connectivity index (χ1) is 15.0. The predicted octanol–water partition coefficient (Wildman–Crippen LogP) is 2.66. The van der Waals surface area contributed by atoms with Gasteiger partial charge in [0.1, 0.15) is 11.8 Å². The Hall–Kier alpha value is -3.94. The summed E-state index contributed by atoms with van der Waals surface area (Å²) in [5.74, 6) is -0.423. The van der Waals surface area contributed by atoms with E-state index in [2.05, 4.69) is 0 Å². The van der Waals surface area contributed by atoms with Crippen molar-refractivity contribution in [2.45, 2.75) is 5.92 Å². The number of aliphatic imine (C=N–C) groups is 1. The van der Waals surface area contributed by atoms with Gasteiger partial charge < -0.3 is 9.47 Å². The van der Waals surface area contributed by atoms with E-state index in [1.807, 2.05) is 18.2 Å². The van der Waals surface area contributed by atoms with Crippen molar-refractivity contribution in [2.24, 2.45) is 10.9 Å². The second-order valence-corrected chi connectivity index (χ2v) is 7.91. The van der Waals surface area contributed by atoms with Gasteiger partial charge in [-0.25, -0.2) is 9.79 Å². The number of carbonyl (C=O) groups is 3. The molecule has 6 rings (SSSR count). The average Bonchev–Trinajstić information content (AvgIpc) is 3.37. The highest BCUT2D eigenvalue weighted by Gasteiger charge is 2.52. The van der Waals surface area contributed by atoms with Gasteiger partial charge in [0.15, 0.2) is 17.3 Å². The summed E-state index contributed by atoms with van der Waals surface area (Å²) in [6.45, 7) is 0.122. The summed E-state index contributed by atoms with van der Waals surface area (Å²) in [7, 11) is 3.05. The van der Waals surface area contributed by atoms with Crippen LogP contribution in [-0.4, -0.2) is 54.2 Å². The van der Waals surface area contributed by atoms with Gasteiger partial charge >= 0.3 is 6.03 Å². The number of nitrogens with zero attached hydrogens (tertiary/aromatic N) is 3. The Morgan fingerprint density at radius 2 is 1.65 bits per heavy atom. The third-order valence-electron chi connectivity index (χ3n) is 6.35. The summed E-state index contributed by atoms with van der Waals surface area (Å²) in [6, 6.07) is 12.2. The minimum atomic E-state index is -0.801. The number of rotatable bonds is 1. The second-order valence-electron chi connectivity index (χ2n) is 7.91. The van der Waals surface area contributed by atoms with Crippen molar-refractivity contribution in [2.75, 3.05) is 20.9 Å². The smallest absolute Gasteiger partial charge is 0.331 e. The standard InChI is InChI=1S/C23H17N3O5/c1-25-21-18(22(28)26(2)23(25)29)16(11-7-8-14-15(9-11)31-10-30-14)17-19(24-21)12-5-3-4-6-13(12)20(17)27/h3-9,16,18H,10H2,1-2H3. The highest BCUT2D eigenvalue weighted by atomic mass is 16.7. The van der Waals surface area contributed by atoms with E-state index in [1.165, 1.54) is 11.9 Å². The second kappa shape index (κ2) is 6.04. The third kappa shape index (κ3) is 2.24. The van der Waals surface area contributed by atoms with Crippen LogP contribution in [0.4, 0.5) is 4.79 Å². The number of allylic oxidation sites excluding steroid dienone is 1. The minimum absolute atomic E-state index is 0.122. The van der Waals surface area contributed by atoms with Crippen LogP contribution in [0.1, 0.15) is 27.4 Å². The molecule has 3 aliphatic heterocycles. The van der Waals surface area contributed by atoms with E-state index in [0.717, 1.165) is 10.5 Å². The van der Waals surface area contributed by atoms with E-state index in [4.69, 9.17) is 14.5 Å². The normalized spacial score (nSPS) is 23.7. The molecule has 3 heterocycles. The van der Waals surface area contributed by atoms with Crippen LogP contribution in [-0.2, 0) is 4.79 Å². The molecule has 0 saturated carbocycles. The van der Waals surface area contributed by atoms with Gasteiger partial charge in [-0.05, 0) is 17.7 Å². The zero-order chi connectivity index (χ0) is 21.4. The number of amides is 3. The number of hydrogen-bond donors (Lipinski definition) is 0. The first-order valence-corrected chi connectivity index (χ1v) is 9.89. The predicted molar refractivity (Wildman–Crippen MR) is 110 cm³/mol. The first kappa shape index (κ1) is 17.9. The summed E-state index contributed by atoms with van der Waals surface area (Å²) >= 11 is 0. The minimum Gasteiger partial charge on any atom is -0.454 e. The molecule has 2 aromatic rings. The van der Waals surface area contributed by atoms with E-state index in [9.17, 15) is 14.4 Å². The molecule has 2 aromatic carbocycles. The Balaban J connectivity index is 1.61. The van der Waals surface area contributed by atoms with Gasteiger partial charge in [0.25, 0.3) is 0 Å². The average molecular weight is 415 g/mol. The van der Waals surface area contributed by atoms with Crippen molar-refractivity contribution in [3.63, 3.8) is 0 Å². The highest BCUT2D eigenvalue weighted by Crippen LogP contribution is 2.50. The first-order valence-electron chi connectivity index (χ1n) is 9.89. The molecule has 4 aliphatic rings. The molecular weight excluding hydrogens is 398 g/mol. The van der Waals surface area contributed by atoms with Gasteiger partial charge in [-0.3, -0.25) is 19.4 Å². The highest BCUT2D eigenvalue weighted by molar-refractivity contribution is 6.27. The quantitative estimate of drug-likeness (QED) is 0.715. The maximum Gasteiger partial charge on any atom is 0.331 e. The Labute approximate surface area is 177 Å².